The Kier molecular flexibility index (Phi) is 7.58. The van der Waals surface area contributed by atoms with Gasteiger partial charge in [-0.05, 0) is 36.8 Å². The van der Waals surface area contributed by atoms with E-state index in [1.165, 1.54) is 24.3 Å². The van der Waals surface area contributed by atoms with E-state index in [1.54, 1.807) is 0 Å². The van der Waals surface area contributed by atoms with E-state index >= 15 is 0 Å². The summed E-state index contributed by atoms with van der Waals surface area (Å²) in [6, 6.07) is 6.40. The predicted octanol–water partition coefficient (Wildman–Crippen LogP) is 3.92. The Morgan fingerprint density at radius 3 is 2.38 bits per heavy atom. The lowest BCUT2D eigenvalue weighted by Gasteiger charge is -2.29. The number of aromatic nitrogens is 2. The summed E-state index contributed by atoms with van der Waals surface area (Å²) in [5.41, 5.74) is 5.29. The van der Waals surface area contributed by atoms with Gasteiger partial charge in [-0.15, -0.1) is 0 Å². The number of benzene rings is 2. The van der Waals surface area contributed by atoms with Gasteiger partial charge in [0.05, 0.1) is 4.90 Å². The van der Waals surface area contributed by atoms with Crippen LogP contribution in [0.5, 0.6) is 0 Å². The van der Waals surface area contributed by atoms with Gasteiger partial charge in [-0.2, -0.15) is 22.5 Å². The van der Waals surface area contributed by atoms with Crippen LogP contribution in [0.3, 0.4) is 0 Å². The third-order valence-electron chi connectivity index (χ3n) is 4.80. The Bertz CT molecular complexity index is 1250. The number of alkyl halides is 3. The van der Waals surface area contributed by atoms with Crippen molar-refractivity contribution in [2.45, 2.75) is 36.5 Å². The van der Waals surface area contributed by atoms with E-state index in [-0.39, 0.29) is 26.9 Å². The molecule has 182 valence electrons. The minimum absolute atomic E-state index is 0.0660. The molecular formula is C20H17ClF4N4O4S. The number of halogens is 5. The molecule has 1 atom stereocenters. The number of carbonyl (C=O) groups excluding carboxylic acids is 1. The van der Waals surface area contributed by atoms with Crippen molar-refractivity contribution in [1.82, 2.24) is 14.4 Å². The van der Waals surface area contributed by atoms with Crippen LogP contribution in [0.1, 0.15) is 18.4 Å². The smallest absolute Gasteiger partial charge is 0.368 e. The highest BCUT2D eigenvalue weighted by molar-refractivity contribution is 7.89. The number of nitrogens with two attached hydrogens (primary N) is 1. The van der Waals surface area contributed by atoms with E-state index in [4.69, 9.17) is 17.3 Å². The summed E-state index contributed by atoms with van der Waals surface area (Å²) in [6.07, 6.45) is -6.08. The van der Waals surface area contributed by atoms with Crippen LogP contribution in [0.25, 0.3) is 11.4 Å². The second-order valence-electron chi connectivity index (χ2n) is 7.14. The topological polar surface area (TPSA) is 119 Å². The molecule has 1 amide bonds. The van der Waals surface area contributed by atoms with Crippen LogP contribution in [0.4, 0.5) is 17.6 Å². The van der Waals surface area contributed by atoms with Gasteiger partial charge in [0, 0.05) is 29.1 Å². The van der Waals surface area contributed by atoms with E-state index < -0.39 is 53.4 Å². The molecule has 0 fully saturated rings. The van der Waals surface area contributed by atoms with Crippen molar-refractivity contribution in [1.29, 1.82) is 0 Å². The van der Waals surface area contributed by atoms with Gasteiger partial charge in [-0.25, -0.2) is 12.8 Å². The van der Waals surface area contributed by atoms with Crippen molar-refractivity contribution in [2.24, 2.45) is 5.73 Å². The lowest BCUT2D eigenvalue weighted by molar-refractivity contribution is -0.140. The molecule has 8 nitrogen and oxygen atoms in total. The number of hydrogen-bond donors (Lipinski definition) is 1. The highest BCUT2D eigenvalue weighted by Gasteiger charge is 2.38. The van der Waals surface area contributed by atoms with E-state index in [2.05, 4.69) is 14.7 Å². The first-order valence-corrected chi connectivity index (χ1v) is 11.4. The van der Waals surface area contributed by atoms with E-state index in [0.717, 1.165) is 24.6 Å². The summed E-state index contributed by atoms with van der Waals surface area (Å²) >= 11 is 5.79. The Balaban J connectivity index is 2.03. The normalized spacial score (nSPS) is 13.2. The van der Waals surface area contributed by atoms with Crippen molar-refractivity contribution >= 4 is 27.5 Å². The lowest BCUT2D eigenvalue weighted by atomic mass is 10.1. The van der Waals surface area contributed by atoms with Gasteiger partial charge in [-0.1, -0.05) is 28.9 Å². The van der Waals surface area contributed by atoms with Gasteiger partial charge in [-0.3, -0.25) is 4.79 Å². The van der Waals surface area contributed by atoms with Crippen LogP contribution in [-0.2, 0) is 21.4 Å². The number of sulfonamides is 1. The maximum absolute atomic E-state index is 14.9. The molecule has 2 aromatic carbocycles. The first kappa shape index (κ1) is 25.6. The molecule has 0 saturated heterocycles. The number of hydrogen-bond acceptors (Lipinski definition) is 6. The molecule has 0 bridgehead atoms. The minimum Gasteiger partial charge on any atom is -0.368 e. The van der Waals surface area contributed by atoms with Crippen molar-refractivity contribution in [3.05, 3.63) is 65.3 Å². The zero-order valence-electron chi connectivity index (χ0n) is 17.2. The molecule has 2 N–H and O–H groups in total. The number of nitrogens with zero attached hydrogens (tertiary/aromatic N) is 3. The number of primary amides is 1. The highest BCUT2D eigenvalue weighted by atomic mass is 35.5. The Morgan fingerprint density at radius 2 is 1.85 bits per heavy atom. The highest BCUT2D eigenvalue weighted by Crippen LogP contribution is 2.29. The predicted molar refractivity (Wildman–Crippen MR) is 112 cm³/mol. The van der Waals surface area contributed by atoms with Gasteiger partial charge in [0.1, 0.15) is 11.9 Å². The average Bonchev–Trinajstić information content (AvgIpc) is 3.28. The molecule has 0 saturated carbocycles. The van der Waals surface area contributed by atoms with Crippen LogP contribution in [0, 0.1) is 5.82 Å². The Morgan fingerprint density at radius 1 is 1.18 bits per heavy atom. The fourth-order valence-electron chi connectivity index (χ4n) is 3.11. The molecule has 1 heterocycles. The Labute approximate surface area is 196 Å². The molecule has 0 aliphatic carbocycles. The molecule has 1 unspecified atom stereocenters. The molecule has 3 rings (SSSR count). The maximum atomic E-state index is 14.9. The van der Waals surface area contributed by atoms with Crippen LogP contribution >= 0.6 is 11.6 Å². The summed E-state index contributed by atoms with van der Waals surface area (Å²) in [7, 11) is -4.60. The van der Waals surface area contributed by atoms with Gasteiger partial charge in [0.2, 0.25) is 28.1 Å². The van der Waals surface area contributed by atoms with E-state index in [1.807, 2.05) is 0 Å². The average molecular weight is 521 g/mol. The van der Waals surface area contributed by atoms with Gasteiger partial charge in [0.25, 0.3) is 0 Å². The second kappa shape index (κ2) is 10.1. The monoisotopic (exact) mass is 520 g/mol. The summed E-state index contributed by atoms with van der Waals surface area (Å²) < 4.78 is 85.1. The second-order valence-corrected chi connectivity index (χ2v) is 9.46. The van der Waals surface area contributed by atoms with E-state index in [0.29, 0.717) is 4.31 Å². The SMILES string of the molecule is NC(=O)C(CCC(F)(F)F)N(Cc1ccc(-c2ncon2)cc1F)S(=O)(=O)c1ccc(Cl)cc1. The van der Waals surface area contributed by atoms with Crippen LogP contribution < -0.4 is 5.73 Å². The molecular weight excluding hydrogens is 504 g/mol. The summed E-state index contributed by atoms with van der Waals surface area (Å²) in [4.78, 5) is 15.5. The van der Waals surface area contributed by atoms with Crippen molar-refractivity contribution in [2.75, 3.05) is 0 Å². The molecule has 34 heavy (non-hydrogen) atoms. The lowest BCUT2D eigenvalue weighted by Crippen LogP contribution is -2.48. The van der Waals surface area contributed by atoms with Crippen molar-refractivity contribution in [3.8, 4) is 11.4 Å². The number of rotatable bonds is 9. The molecule has 0 aliphatic rings. The first-order valence-electron chi connectivity index (χ1n) is 9.57. The molecule has 14 heteroatoms. The van der Waals surface area contributed by atoms with Gasteiger partial charge < -0.3 is 10.3 Å². The fourth-order valence-corrected chi connectivity index (χ4v) is 4.84. The number of amides is 1. The zero-order valence-corrected chi connectivity index (χ0v) is 18.7. The van der Waals surface area contributed by atoms with E-state index in [9.17, 15) is 30.8 Å². The third-order valence-corrected chi connectivity index (χ3v) is 6.92. The zero-order chi connectivity index (χ0) is 25.1. The molecule has 1 aromatic heterocycles. The van der Waals surface area contributed by atoms with Crippen molar-refractivity contribution < 1.29 is 35.3 Å². The largest absolute Gasteiger partial charge is 0.389 e. The summed E-state index contributed by atoms with van der Waals surface area (Å²) in [5.74, 6) is -2.15. The van der Waals surface area contributed by atoms with Crippen LogP contribution in [0.15, 0.2) is 58.3 Å². The molecule has 3 aromatic rings. The quantitative estimate of drug-likeness (QED) is 0.427. The molecule has 0 spiro atoms. The molecule has 0 aliphatic heterocycles. The standard InChI is InChI=1S/C20H17ClF4N4O4S/c21-14-3-5-15(6-4-14)34(31,32)29(17(18(26)30)7-8-20(23,24)25)10-13-2-1-12(9-16(13)22)19-27-11-33-28-19/h1-6,9,11,17H,7-8,10H2,(H2,26,30). The summed E-state index contributed by atoms with van der Waals surface area (Å²) in [5, 5.41) is 3.77. The minimum atomic E-state index is -4.68. The van der Waals surface area contributed by atoms with Gasteiger partial charge >= 0.3 is 6.18 Å². The van der Waals surface area contributed by atoms with Gasteiger partial charge in [0.15, 0.2) is 0 Å². The first-order chi connectivity index (χ1) is 15.9. The third kappa shape index (κ3) is 6.10. The molecule has 0 radical (unpaired) electrons. The summed E-state index contributed by atoms with van der Waals surface area (Å²) in [6.45, 7) is -0.769. The maximum Gasteiger partial charge on any atom is 0.389 e. The Hall–Kier alpha value is -3.03. The van der Waals surface area contributed by atoms with Crippen LogP contribution in [0.2, 0.25) is 5.02 Å². The fraction of sp³-hybridized carbons (Fsp3) is 0.250. The van der Waals surface area contributed by atoms with Crippen LogP contribution in [-0.4, -0.2) is 41.0 Å². The number of carbonyl (C=O) groups is 1. The van der Waals surface area contributed by atoms with Crippen molar-refractivity contribution in [3.63, 3.8) is 0 Å².